The van der Waals surface area contributed by atoms with Gasteiger partial charge in [-0.15, -0.1) is 11.8 Å². The van der Waals surface area contributed by atoms with E-state index in [9.17, 15) is 4.79 Å². The molecule has 1 unspecified atom stereocenters. The van der Waals surface area contributed by atoms with Gasteiger partial charge < -0.3 is 14.8 Å². The second kappa shape index (κ2) is 7.92. The normalized spacial score (nSPS) is 11.7. The Labute approximate surface area is 141 Å². The van der Waals surface area contributed by atoms with Gasteiger partial charge in [-0.3, -0.25) is 4.79 Å². The summed E-state index contributed by atoms with van der Waals surface area (Å²) in [4.78, 5) is 13.4. The maximum Gasteiger partial charge on any atom is 0.237 e. The molecule has 23 heavy (non-hydrogen) atoms. The number of rotatable bonds is 6. The number of nitrogens with one attached hydrogen (secondary N) is 1. The minimum Gasteiger partial charge on any atom is -0.497 e. The number of carbonyl (C=O) groups is 1. The Hall–Kier alpha value is -2.14. The fraction of sp³-hybridized carbons (Fsp3) is 0.278. The van der Waals surface area contributed by atoms with Crippen LogP contribution < -0.4 is 14.8 Å². The lowest BCUT2D eigenvalue weighted by Crippen LogP contribution is -2.22. The van der Waals surface area contributed by atoms with Gasteiger partial charge in [0.2, 0.25) is 5.91 Å². The molecule has 0 fully saturated rings. The van der Waals surface area contributed by atoms with Crippen LogP contribution in [0.2, 0.25) is 0 Å². The van der Waals surface area contributed by atoms with Crippen LogP contribution in [0.25, 0.3) is 0 Å². The van der Waals surface area contributed by atoms with E-state index in [1.165, 1.54) is 11.8 Å². The molecule has 0 aliphatic carbocycles. The van der Waals surface area contributed by atoms with Gasteiger partial charge in [-0.1, -0.05) is 12.1 Å². The van der Waals surface area contributed by atoms with E-state index >= 15 is 0 Å². The predicted octanol–water partition coefficient (Wildman–Crippen LogP) is 4.13. The standard InChI is InChI=1S/C18H21NO3S/c1-12-8-9-17(22-4)16(10-12)19-18(20)13(2)23-15-7-5-6-14(11-15)21-3/h5-11,13H,1-4H3,(H,19,20). The first-order chi connectivity index (χ1) is 11.0. The summed E-state index contributed by atoms with van der Waals surface area (Å²) in [5, 5.41) is 2.69. The largest absolute Gasteiger partial charge is 0.497 e. The van der Waals surface area contributed by atoms with Crippen molar-refractivity contribution in [2.75, 3.05) is 19.5 Å². The van der Waals surface area contributed by atoms with Crippen LogP contribution in [0.5, 0.6) is 11.5 Å². The van der Waals surface area contributed by atoms with Crippen molar-refractivity contribution in [1.29, 1.82) is 0 Å². The van der Waals surface area contributed by atoms with Crippen molar-refractivity contribution in [3.05, 3.63) is 48.0 Å². The molecule has 2 aromatic rings. The summed E-state index contributed by atoms with van der Waals surface area (Å²) >= 11 is 1.49. The van der Waals surface area contributed by atoms with E-state index in [1.54, 1.807) is 14.2 Å². The van der Waals surface area contributed by atoms with E-state index in [0.717, 1.165) is 16.2 Å². The number of anilines is 1. The molecule has 1 amide bonds. The van der Waals surface area contributed by atoms with E-state index in [-0.39, 0.29) is 11.2 Å². The van der Waals surface area contributed by atoms with Gasteiger partial charge in [-0.25, -0.2) is 0 Å². The van der Waals surface area contributed by atoms with Crippen LogP contribution >= 0.6 is 11.8 Å². The Bertz CT molecular complexity index is 688. The molecule has 122 valence electrons. The SMILES string of the molecule is COc1cccc(SC(C)C(=O)Nc2cc(C)ccc2OC)c1. The minimum absolute atomic E-state index is 0.0679. The van der Waals surface area contributed by atoms with Crippen LogP contribution in [0.3, 0.4) is 0 Å². The van der Waals surface area contributed by atoms with E-state index in [2.05, 4.69) is 5.32 Å². The van der Waals surface area contributed by atoms with Gasteiger partial charge >= 0.3 is 0 Å². The highest BCUT2D eigenvalue weighted by Gasteiger charge is 2.16. The van der Waals surface area contributed by atoms with E-state index in [4.69, 9.17) is 9.47 Å². The number of ether oxygens (including phenoxy) is 2. The third-order valence-electron chi connectivity index (χ3n) is 3.34. The van der Waals surface area contributed by atoms with Crippen LogP contribution in [-0.4, -0.2) is 25.4 Å². The zero-order chi connectivity index (χ0) is 16.8. The molecule has 4 nitrogen and oxygen atoms in total. The lowest BCUT2D eigenvalue weighted by Gasteiger charge is -2.15. The smallest absolute Gasteiger partial charge is 0.237 e. The lowest BCUT2D eigenvalue weighted by molar-refractivity contribution is -0.115. The van der Waals surface area contributed by atoms with Gasteiger partial charge in [0.05, 0.1) is 25.2 Å². The molecule has 2 rings (SSSR count). The molecular formula is C18H21NO3S. The third-order valence-corrected chi connectivity index (χ3v) is 4.43. The maximum atomic E-state index is 12.4. The number of carbonyl (C=O) groups excluding carboxylic acids is 1. The molecule has 0 aromatic heterocycles. The average molecular weight is 331 g/mol. The highest BCUT2D eigenvalue weighted by molar-refractivity contribution is 8.00. The summed E-state index contributed by atoms with van der Waals surface area (Å²) in [6.45, 7) is 3.85. The fourth-order valence-corrected chi connectivity index (χ4v) is 3.00. The topological polar surface area (TPSA) is 47.6 Å². The van der Waals surface area contributed by atoms with E-state index < -0.39 is 0 Å². The van der Waals surface area contributed by atoms with Crippen LogP contribution in [0, 0.1) is 6.92 Å². The molecule has 0 saturated carbocycles. The Morgan fingerprint density at radius 1 is 1.13 bits per heavy atom. The Kier molecular flexibility index (Phi) is 5.93. The second-order valence-corrected chi connectivity index (χ2v) is 6.55. The molecule has 5 heteroatoms. The Morgan fingerprint density at radius 3 is 2.61 bits per heavy atom. The van der Waals surface area contributed by atoms with E-state index in [1.807, 2.05) is 56.3 Å². The van der Waals surface area contributed by atoms with Gasteiger partial charge in [-0.2, -0.15) is 0 Å². The maximum absolute atomic E-state index is 12.4. The van der Waals surface area contributed by atoms with Crippen LogP contribution in [0.1, 0.15) is 12.5 Å². The summed E-state index contributed by atoms with van der Waals surface area (Å²) in [6, 6.07) is 13.4. The molecule has 0 aliphatic rings. The van der Waals surface area contributed by atoms with Gasteiger partial charge in [-0.05, 0) is 49.7 Å². The number of methoxy groups -OCH3 is 2. The van der Waals surface area contributed by atoms with Crippen molar-refractivity contribution in [3.8, 4) is 11.5 Å². The van der Waals surface area contributed by atoms with Crippen molar-refractivity contribution in [3.63, 3.8) is 0 Å². The zero-order valence-electron chi connectivity index (χ0n) is 13.8. The first-order valence-corrected chi connectivity index (χ1v) is 8.17. The quantitative estimate of drug-likeness (QED) is 0.809. The summed E-state index contributed by atoms with van der Waals surface area (Å²) in [5.41, 5.74) is 1.75. The molecule has 0 heterocycles. The first-order valence-electron chi connectivity index (χ1n) is 7.29. The molecule has 0 aliphatic heterocycles. The summed E-state index contributed by atoms with van der Waals surface area (Å²) in [7, 11) is 3.22. The molecule has 0 radical (unpaired) electrons. The summed E-state index contributed by atoms with van der Waals surface area (Å²) < 4.78 is 10.5. The fourth-order valence-electron chi connectivity index (χ4n) is 2.09. The summed E-state index contributed by atoms with van der Waals surface area (Å²) in [6.07, 6.45) is 0. The molecule has 0 spiro atoms. The van der Waals surface area contributed by atoms with E-state index in [0.29, 0.717) is 11.4 Å². The average Bonchev–Trinajstić information content (AvgIpc) is 2.55. The summed E-state index contributed by atoms with van der Waals surface area (Å²) in [5.74, 6) is 1.37. The van der Waals surface area contributed by atoms with Crippen molar-refractivity contribution in [2.24, 2.45) is 0 Å². The molecular weight excluding hydrogens is 310 g/mol. The number of amides is 1. The predicted molar refractivity (Wildman–Crippen MR) is 94.7 cm³/mol. The molecule has 2 aromatic carbocycles. The Balaban J connectivity index is 2.06. The zero-order valence-corrected chi connectivity index (χ0v) is 14.6. The van der Waals surface area contributed by atoms with Crippen molar-refractivity contribution in [1.82, 2.24) is 0 Å². The highest BCUT2D eigenvalue weighted by atomic mass is 32.2. The highest BCUT2D eigenvalue weighted by Crippen LogP contribution is 2.29. The second-order valence-electron chi connectivity index (χ2n) is 5.13. The van der Waals surface area contributed by atoms with Crippen LogP contribution in [0.15, 0.2) is 47.4 Å². The monoisotopic (exact) mass is 331 g/mol. The molecule has 1 N–H and O–H groups in total. The number of thioether (sulfide) groups is 1. The number of hydrogen-bond donors (Lipinski definition) is 1. The van der Waals surface area contributed by atoms with Crippen molar-refractivity contribution in [2.45, 2.75) is 24.0 Å². The number of aryl methyl sites for hydroxylation is 1. The van der Waals surface area contributed by atoms with Gasteiger partial charge in [0.1, 0.15) is 11.5 Å². The van der Waals surface area contributed by atoms with Crippen LogP contribution in [-0.2, 0) is 4.79 Å². The number of benzene rings is 2. The van der Waals surface area contributed by atoms with Crippen LogP contribution in [0.4, 0.5) is 5.69 Å². The van der Waals surface area contributed by atoms with Gasteiger partial charge in [0, 0.05) is 4.90 Å². The Morgan fingerprint density at radius 2 is 1.91 bits per heavy atom. The third kappa shape index (κ3) is 4.66. The number of hydrogen-bond acceptors (Lipinski definition) is 4. The lowest BCUT2D eigenvalue weighted by atomic mass is 10.2. The molecule has 0 bridgehead atoms. The molecule has 0 saturated heterocycles. The van der Waals surface area contributed by atoms with Crippen molar-refractivity contribution >= 4 is 23.4 Å². The van der Waals surface area contributed by atoms with Gasteiger partial charge in [0.25, 0.3) is 0 Å². The molecule has 1 atom stereocenters. The first kappa shape index (κ1) is 17.2. The van der Waals surface area contributed by atoms with Crippen molar-refractivity contribution < 1.29 is 14.3 Å². The van der Waals surface area contributed by atoms with Gasteiger partial charge in [0.15, 0.2) is 0 Å². The minimum atomic E-state index is -0.243.